The number of thiophene rings is 1. The predicted octanol–water partition coefficient (Wildman–Crippen LogP) is 3.69. The van der Waals surface area contributed by atoms with Gasteiger partial charge in [-0.3, -0.25) is 4.79 Å². The van der Waals surface area contributed by atoms with E-state index < -0.39 is 17.5 Å². The number of ether oxygens (including phenoxy) is 2. The number of carbonyl (C=O) groups excluding carboxylic acids is 2. The molecule has 2 heterocycles. The number of esters is 2. The van der Waals surface area contributed by atoms with E-state index in [-0.39, 0.29) is 11.7 Å². The van der Waals surface area contributed by atoms with Crippen LogP contribution in [0.2, 0.25) is 0 Å². The second kappa shape index (κ2) is 9.11. The van der Waals surface area contributed by atoms with Crippen LogP contribution in [-0.4, -0.2) is 29.9 Å². The SMILES string of the molecule is CCOC(=O)CSC1=C(C#N)[C@@H](c2cccs2)C(C(=O)OC(C)(C)C)=CN1. The molecule has 6 nitrogen and oxygen atoms in total. The first-order valence-corrected chi connectivity index (χ1v) is 10.3. The van der Waals surface area contributed by atoms with Crippen LogP contribution >= 0.6 is 23.1 Å². The highest BCUT2D eigenvalue weighted by atomic mass is 32.2. The molecule has 1 aliphatic heterocycles. The van der Waals surface area contributed by atoms with Gasteiger partial charge in [-0.2, -0.15) is 5.26 Å². The van der Waals surface area contributed by atoms with Gasteiger partial charge in [0.2, 0.25) is 0 Å². The van der Waals surface area contributed by atoms with Crippen molar-refractivity contribution in [3.63, 3.8) is 0 Å². The van der Waals surface area contributed by atoms with Gasteiger partial charge in [-0.05, 0) is 39.1 Å². The van der Waals surface area contributed by atoms with Gasteiger partial charge in [-0.15, -0.1) is 11.3 Å². The van der Waals surface area contributed by atoms with Gasteiger partial charge in [0.1, 0.15) is 5.60 Å². The maximum Gasteiger partial charge on any atom is 0.337 e. The molecule has 2 rings (SSSR count). The third-order valence-electron chi connectivity index (χ3n) is 3.43. The maximum atomic E-state index is 12.7. The van der Waals surface area contributed by atoms with Crippen molar-refractivity contribution in [3.8, 4) is 6.07 Å². The highest BCUT2D eigenvalue weighted by molar-refractivity contribution is 8.03. The van der Waals surface area contributed by atoms with Crippen molar-refractivity contribution in [2.75, 3.05) is 12.4 Å². The standard InChI is InChI=1S/C19H22N2O4S2/c1-5-24-15(22)11-27-17-12(9-20)16(14-7-6-8-26-14)13(10-21-17)18(23)25-19(2,3)4/h6-8,10,16,21H,5,11H2,1-4H3/t16-/m1/s1. The summed E-state index contributed by atoms with van der Waals surface area (Å²) in [6.45, 7) is 7.43. The van der Waals surface area contributed by atoms with E-state index in [2.05, 4.69) is 11.4 Å². The van der Waals surface area contributed by atoms with E-state index in [1.54, 1.807) is 33.9 Å². The van der Waals surface area contributed by atoms with E-state index in [9.17, 15) is 14.9 Å². The molecule has 1 atom stereocenters. The van der Waals surface area contributed by atoms with Crippen LogP contribution in [0.1, 0.15) is 38.5 Å². The van der Waals surface area contributed by atoms with E-state index >= 15 is 0 Å². The zero-order chi connectivity index (χ0) is 20.0. The summed E-state index contributed by atoms with van der Waals surface area (Å²) in [6, 6.07) is 5.95. The molecule has 144 valence electrons. The fourth-order valence-electron chi connectivity index (χ4n) is 2.42. The first-order chi connectivity index (χ1) is 12.8. The van der Waals surface area contributed by atoms with Crippen LogP contribution in [0.3, 0.4) is 0 Å². The minimum Gasteiger partial charge on any atom is -0.465 e. The Morgan fingerprint density at radius 1 is 1.41 bits per heavy atom. The van der Waals surface area contributed by atoms with Gasteiger partial charge in [0.15, 0.2) is 0 Å². The summed E-state index contributed by atoms with van der Waals surface area (Å²) in [6.07, 6.45) is 1.56. The van der Waals surface area contributed by atoms with Crippen molar-refractivity contribution in [3.05, 3.63) is 44.8 Å². The lowest BCUT2D eigenvalue weighted by Crippen LogP contribution is -2.30. The summed E-state index contributed by atoms with van der Waals surface area (Å²) >= 11 is 2.65. The number of rotatable bonds is 6. The Labute approximate surface area is 167 Å². The van der Waals surface area contributed by atoms with E-state index in [0.717, 1.165) is 4.88 Å². The van der Waals surface area contributed by atoms with Crippen LogP contribution in [0.4, 0.5) is 0 Å². The average Bonchev–Trinajstić information content (AvgIpc) is 3.12. The largest absolute Gasteiger partial charge is 0.465 e. The number of hydrogen-bond acceptors (Lipinski definition) is 8. The monoisotopic (exact) mass is 406 g/mol. The number of allylic oxidation sites excluding steroid dienone is 1. The van der Waals surface area contributed by atoms with E-state index in [1.807, 2.05) is 17.5 Å². The van der Waals surface area contributed by atoms with Crippen molar-refractivity contribution in [1.82, 2.24) is 5.32 Å². The maximum absolute atomic E-state index is 12.7. The quantitative estimate of drug-likeness (QED) is 0.721. The Morgan fingerprint density at radius 3 is 2.70 bits per heavy atom. The molecule has 0 saturated carbocycles. The lowest BCUT2D eigenvalue weighted by molar-refractivity contribution is -0.150. The fraction of sp³-hybridized carbons (Fsp3) is 0.421. The number of nitrogens with one attached hydrogen (secondary N) is 1. The lowest BCUT2D eigenvalue weighted by Gasteiger charge is -2.27. The smallest absolute Gasteiger partial charge is 0.337 e. The van der Waals surface area contributed by atoms with Gasteiger partial charge < -0.3 is 14.8 Å². The van der Waals surface area contributed by atoms with Crippen LogP contribution in [0, 0.1) is 11.3 Å². The van der Waals surface area contributed by atoms with Gasteiger partial charge >= 0.3 is 11.9 Å². The third-order valence-corrected chi connectivity index (χ3v) is 5.37. The normalized spacial score (nSPS) is 16.9. The number of hydrogen-bond donors (Lipinski definition) is 1. The van der Waals surface area contributed by atoms with E-state index in [0.29, 0.717) is 22.8 Å². The molecule has 1 aliphatic rings. The molecule has 27 heavy (non-hydrogen) atoms. The molecule has 0 fully saturated rings. The summed E-state index contributed by atoms with van der Waals surface area (Å²) in [4.78, 5) is 25.2. The molecule has 1 aromatic rings. The van der Waals surface area contributed by atoms with Gasteiger partial charge in [-0.1, -0.05) is 17.8 Å². The van der Waals surface area contributed by atoms with E-state index in [4.69, 9.17) is 9.47 Å². The summed E-state index contributed by atoms with van der Waals surface area (Å²) < 4.78 is 10.4. The van der Waals surface area contributed by atoms with Gasteiger partial charge in [0, 0.05) is 11.1 Å². The van der Waals surface area contributed by atoms with Crippen LogP contribution < -0.4 is 5.32 Å². The van der Waals surface area contributed by atoms with Crippen LogP contribution in [0.5, 0.6) is 0 Å². The van der Waals surface area contributed by atoms with Crippen molar-refractivity contribution in [2.45, 2.75) is 39.2 Å². The first-order valence-electron chi connectivity index (χ1n) is 8.42. The molecule has 0 amide bonds. The Kier molecular flexibility index (Phi) is 7.11. The zero-order valence-electron chi connectivity index (χ0n) is 15.7. The Hall–Kier alpha value is -2.24. The molecule has 0 bridgehead atoms. The molecule has 1 aromatic heterocycles. The molecule has 0 aliphatic carbocycles. The number of carbonyl (C=O) groups is 2. The highest BCUT2D eigenvalue weighted by Gasteiger charge is 2.35. The molecular formula is C19H22N2O4S2. The molecule has 0 saturated heterocycles. The molecule has 0 spiro atoms. The molecule has 8 heteroatoms. The minimum atomic E-state index is -0.645. The summed E-state index contributed by atoms with van der Waals surface area (Å²) in [7, 11) is 0. The van der Waals surface area contributed by atoms with Crippen LogP contribution in [0.15, 0.2) is 39.9 Å². The Bertz CT molecular complexity index is 799. The zero-order valence-corrected chi connectivity index (χ0v) is 17.3. The molecule has 0 unspecified atom stereocenters. The van der Waals surface area contributed by atoms with Crippen molar-refractivity contribution in [2.24, 2.45) is 0 Å². The van der Waals surface area contributed by atoms with Gasteiger partial charge in [0.05, 0.1) is 40.5 Å². The molecular weight excluding hydrogens is 384 g/mol. The number of nitrogens with zero attached hydrogens (tertiary/aromatic N) is 1. The molecule has 0 radical (unpaired) electrons. The number of nitriles is 1. The second-order valence-corrected chi connectivity index (χ2v) is 8.61. The number of thioether (sulfide) groups is 1. The third kappa shape index (κ3) is 5.62. The van der Waals surface area contributed by atoms with Crippen LogP contribution in [-0.2, 0) is 19.1 Å². The minimum absolute atomic E-state index is 0.0775. The second-order valence-electron chi connectivity index (χ2n) is 6.64. The fourth-order valence-corrected chi connectivity index (χ4v) is 4.08. The Morgan fingerprint density at radius 2 is 2.15 bits per heavy atom. The molecule has 0 aromatic carbocycles. The summed E-state index contributed by atoms with van der Waals surface area (Å²) in [5, 5.41) is 15.2. The molecule has 1 N–H and O–H groups in total. The topological polar surface area (TPSA) is 88.4 Å². The van der Waals surface area contributed by atoms with Crippen molar-refractivity contribution < 1.29 is 19.1 Å². The summed E-state index contributed by atoms with van der Waals surface area (Å²) in [5.74, 6) is -1.29. The summed E-state index contributed by atoms with van der Waals surface area (Å²) in [5.41, 5.74) is 0.104. The van der Waals surface area contributed by atoms with Gasteiger partial charge in [0.25, 0.3) is 0 Å². The Balaban J connectivity index is 2.34. The van der Waals surface area contributed by atoms with Crippen molar-refractivity contribution in [1.29, 1.82) is 5.26 Å². The number of dihydropyridines is 1. The average molecular weight is 407 g/mol. The van der Waals surface area contributed by atoms with Crippen molar-refractivity contribution >= 4 is 35.0 Å². The lowest BCUT2D eigenvalue weighted by atomic mass is 9.89. The highest BCUT2D eigenvalue weighted by Crippen LogP contribution is 2.40. The van der Waals surface area contributed by atoms with Crippen LogP contribution in [0.25, 0.3) is 0 Å². The predicted molar refractivity (Wildman–Crippen MR) is 106 cm³/mol. The van der Waals surface area contributed by atoms with Gasteiger partial charge in [-0.25, -0.2) is 4.79 Å². The first kappa shape index (κ1) is 21.1. The van der Waals surface area contributed by atoms with E-state index in [1.165, 1.54) is 23.1 Å².